The van der Waals surface area contributed by atoms with E-state index in [9.17, 15) is 0 Å². The molecule has 0 saturated carbocycles. The second kappa shape index (κ2) is 6.02. The van der Waals surface area contributed by atoms with E-state index in [1.54, 1.807) is 0 Å². The zero-order valence-electron chi connectivity index (χ0n) is 8.89. The molecule has 0 fully saturated rings. The highest BCUT2D eigenvalue weighted by molar-refractivity contribution is 9.11. The monoisotopic (exact) mass is 411 g/mol. The van der Waals surface area contributed by atoms with Crippen molar-refractivity contribution in [3.05, 3.63) is 25.6 Å². The Kier molecular flexibility index (Phi) is 5.27. The molecule has 0 amide bonds. The van der Waals surface area contributed by atoms with Gasteiger partial charge in [-0.05, 0) is 57.8 Å². The van der Waals surface area contributed by atoms with Crippen molar-refractivity contribution in [1.29, 1.82) is 0 Å². The number of anilines is 1. The molecule has 6 heteroatoms. The first kappa shape index (κ1) is 14.0. The van der Waals surface area contributed by atoms with Crippen molar-refractivity contribution in [3.63, 3.8) is 0 Å². The van der Waals surface area contributed by atoms with Crippen LogP contribution in [0.1, 0.15) is 13.8 Å². The normalized spacial score (nSPS) is 12.0. The second-order valence-corrected chi connectivity index (χ2v) is 6.10. The maximum absolute atomic E-state index is 5.77. The molecule has 3 N–H and O–H groups in total. The molecule has 3 nitrogen and oxygen atoms in total. The third-order valence-electron chi connectivity index (χ3n) is 1.66. The molecule has 0 heterocycles. The number of nitrogens with zero attached hydrogens (tertiary/aromatic N) is 1. The van der Waals surface area contributed by atoms with E-state index < -0.39 is 0 Å². The summed E-state index contributed by atoms with van der Waals surface area (Å²) in [6, 6.07) is 4.05. The van der Waals surface area contributed by atoms with Gasteiger partial charge in [-0.15, -0.1) is 0 Å². The number of nitrogens with one attached hydrogen (secondary N) is 1. The summed E-state index contributed by atoms with van der Waals surface area (Å²) in [7, 11) is 0. The van der Waals surface area contributed by atoms with Crippen LogP contribution in [0.4, 0.5) is 5.69 Å². The molecular formula is C10H12Br3N3. The van der Waals surface area contributed by atoms with E-state index in [1.165, 1.54) is 0 Å². The Morgan fingerprint density at radius 1 is 1.25 bits per heavy atom. The van der Waals surface area contributed by atoms with Gasteiger partial charge in [0.15, 0.2) is 5.96 Å². The third-order valence-corrected chi connectivity index (χ3v) is 3.37. The van der Waals surface area contributed by atoms with E-state index in [1.807, 2.05) is 26.0 Å². The summed E-state index contributed by atoms with van der Waals surface area (Å²) < 4.78 is 2.81. The van der Waals surface area contributed by atoms with Crippen molar-refractivity contribution in [3.8, 4) is 0 Å². The first-order chi connectivity index (χ1) is 7.40. The zero-order chi connectivity index (χ0) is 12.3. The number of guanidine groups is 1. The quantitative estimate of drug-likeness (QED) is 0.566. The highest BCUT2D eigenvalue weighted by atomic mass is 79.9. The Morgan fingerprint density at radius 2 is 1.75 bits per heavy atom. The lowest BCUT2D eigenvalue weighted by Crippen LogP contribution is -2.24. The van der Waals surface area contributed by atoms with Gasteiger partial charge >= 0.3 is 0 Å². The molecular weight excluding hydrogens is 402 g/mol. The standard InChI is InChI=1S/C10H12Br3N3/c1-5(2)15-10(14)16-9-7(12)3-6(11)4-8(9)13/h3-5H,1-2H3,(H3,14,15,16). The maximum atomic E-state index is 5.77. The van der Waals surface area contributed by atoms with Crippen molar-refractivity contribution in [1.82, 2.24) is 0 Å². The van der Waals surface area contributed by atoms with Crippen LogP contribution >= 0.6 is 47.8 Å². The van der Waals surface area contributed by atoms with Gasteiger partial charge < -0.3 is 11.1 Å². The number of hydrogen-bond donors (Lipinski definition) is 2. The van der Waals surface area contributed by atoms with Gasteiger partial charge in [-0.3, -0.25) is 4.99 Å². The minimum absolute atomic E-state index is 0.167. The van der Waals surface area contributed by atoms with Crippen LogP contribution in [0.25, 0.3) is 0 Å². The summed E-state index contributed by atoms with van der Waals surface area (Å²) in [4.78, 5) is 4.21. The highest BCUT2D eigenvalue weighted by Crippen LogP contribution is 2.34. The average Bonchev–Trinajstić information content (AvgIpc) is 2.09. The van der Waals surface area contributed by atoms with E-state index in [4.69, 9.17) is 5.73 Å². The van der Waals surface area contributed by atoms with Crippen molar-refractivity contribution in [2.75, 3.05) is 5.32 Å². The number of benzene rings is 1. The highest BCUT2D eigenvalue weighted by Gasteiger charge is 2.07. The molecule has 0 aromatic heterocycles. The molecule has 0 aliphatic rings. The van der Waals surface area contributed by atoms with E-state index in [-0.39, 0.29) is 6.04 Å². The first-order valence-corrected chi connectivity index (χ1v) is 7.03. The minimum atomic E-state index is 0.167. The number of aliphatic imine (C=N–C) groups is 1. The Balaban J connectivity index is 2.98. The Morgan fingerprint density at radius 3 is 2.19 bits per heavy atom. The lowest BCUT2D eigenvalue weighted by Gasteiger charge is -2.11. The van der Waals surface area contributed by atoms with Gasteiger partial charge in [0.25, 0.3) is 0 Å². The van der Waals surface area contributed by atoms with E-state index in [0.29, 0.717) is 5.96 Å². The summed E-state index contributed by atoms with van der Waals surface area (Å²) in [5, 5.41) is 3.05. The molecule has 0 aliphatic heterocycles. The lowest BCUT2D eigenvalue weighted by molar-refractivity contribution is 0.833. The average molecular weight is 414 g/mol. The molecule has 1 aromatic carbocycles. The van der Waals surface area contributed by atoms with Crippen LogP contribution in [0.5, 0.6) is 0 Å². The van der Waals surface area contributed by atoms with Crippen LogP contribution in [-0.2, 0) is 0 Å². The predicted molar refractivity (Wildman–Crippen MR) is 79.9 cm³/mol. The largest absolute Gasteiger partial charge is 0.370 e. The molecule has 0 bridgehead atoms. The number of rotatable bonds is 2. The minimum Gasteiger partial charge on any atom is -0.370 e. The fourth-order valence-corrected chi connectivity index (χ4v) is 3.56. The fourth-order valence-electron chi connectivity index (χ4n) is 1.10. The summed E-state index contributed by atoms with van der Waals surface area (Å²) in [5.74, 6) is 0.402. The van der Waals surface area contributed by atoms with Crippen LogP contribution < -0.4 is 11.1 Å². The molecule has 0 spiro atoms. The molecule has 88 valence electrons. The summed E-state index contributed by atoms with van der Waals surface area (Å²) in [6.07, 6.45) is 0. The third kappa shape index (κ3) is 4.07. The van der Waals surface area contributed by atoms with Crippen LogP contribution in [-0.4, -0.2) is 12.0 Å². The van der Waals surface area contributed by atoms with E-state index in [0.717, 1.165) is 19.1 Å². The van der Waals surface area contributed by atoms with Crippen molar-refractivity contribution in [2.24, 2.45) is 10.7 Å². The summed E-state index contributed by atoms with van der Waals surface area (Å²) in [5.41, 5.74) is 6.63. The SMILES string of the molecule is CC(C)N=C(N)Nc1c(Br)cc(Br)cc1Br. The van der Waals surface area contributed by atoms with E-state index >= 15 is 0 Å². The van der Waals surface area contributed by atoms with Gasteiger partial charge in [0.05, 0.1) is 5.69 Å². The van der Waals surface area contributed by atoms with Gasteiger partial charge in [0, 0.05) is 19.5 Å². The van der Waals surface area contributed by atoms with Crippen molar-refractivity contribution >= 4 is 59.4 Å². The Labute approximate surface area is 120 Å². The van der Waals surface area contributed by atoms with Gasteiger partial charge in [-0.1, -0.05) is 15.9 Å². The molecule has 0 unspecified atom stereocenters. The molecule has 16 heavy (non-hydrogen) atoms. The van der Waals surface area contributed by atoms with Crippen molar-refractivity contribution < 1.29 is 0 Å². The maximum Gasteiger partial charge on any atom is 0.193 e. The molecule has 0 radical (unpaired) electrons. The first-order valence-electron chi connectivity index (χ1n) is 4.65. The topological polar surface area (TPSA) is 50.4 Å². The van der Waals surface area contributed by atoms with Gasteiger partial charge in [0.2, 0.25) is 0 Å². The fraction of sp³-hybridized carbons (Fsp3) is 0.300. The Bertz CT molecular complexity index is 393. The molecule has 1 aromatic rings. The molecule has 0 saturated heterocycles. The lowest BCUT2D eigenvalue weighted by atomic mass is 10.3. The van der Waals surface area contributed by atoms with Crippen LogP contribution in [0.15, 0.2) is 30.5 Å². The van der Waals surface area contributed by atoms with Crippen LogP contribution in [0.2, 0.25) is 0 Å². The second-order valence-electron chi connectivity index (χ2n) is 3.48. The molecule has 0 aliphatic carbocycles. The molecule has 1 rings (SSSR count). The van der Waals surface area contributed by atoms with Gasteiger partial charge in [0.1, 0.15) is 0 Å². The van der Waals surface area contributed by atoms with Gasteiger partial charge in [-0.25, -0.2) is 0 Å². The summed E-state index contributed by atoms with van der Waals surface area (Å²) >= 11 is 10.3. The molecule has 0 atom stereocenters. The number of halogens is 3. The number of hydrogen-bond acceptors (Lipinski definition) is 1. The van der Waals surface area contributed by atoms with Gasteiger partial charge in [-0.2, -0.15) is 0 Å². The number of nitrogens with two attached hydrogens (primary N) is 1. The Hall–Kier alpha value is -0.0700. The van der Waals surface area contributed by atoms with Crippen molar-refractivity contribution in [2.45, 2.75) is 19.9 Å². The predicted octanol–water partition coefficient (Wildman–Crippen LogP) is 4.11. The van der Waals surface area contributed by atoms with Crippen LogP contribution in [0.3, 0.4) is 0 Å². The summed E-state index contributed by atoms with van der Waals surface area (Å²) in [6.45, 7) is 3.94. The van der Waals surface area contributed by atoms with Crippen LogP contribution in [0, 0.1) is 0 Å². The smallest absolute Gasteiger partial charge is 0.193 e. The van der Waals surface area contributed by atoms with E-state index in [2.05, 4.69) is 58.1 Å². The zero-order valence-corrected chi connectivity index (χ0v) is 13.6.